The number of likely N-dealkylation sites (tertiary alicyclic amines) is 1. The first-order chi connectivity index (χ1) is 10.1. The Morgan fingerprint density at radius 1 is 1.19 bits per heavy atom. The van der Waals surface area contributed by atoms with E-state index in [0.29, 0.717) is 12.1 Å². The van der Waals surface area contributed by atoms with Crippen molar-refractivity contribution in [3.05, 3.63) is 28.7 Å². The van der Waals surface area contributed by atoms with Crippen LogP contribution in [0.1, 0.15) is 26.2 Å². The number of nitrogens with zero attached hydrogens (tertiary/aromatic N) is 2. The Balaban J connectivity index is 1.79. The molecule has 2 aliphatic rings. The second-order valence-electron chi connectivity index (χ2n) is 5.99. The number of anilines is 1. The summed E-state index contributed by atoms with van der Waals surface area (Å²) in [5.74, 6) is 0.545. The number of carbonyl (C=O) groups is 2. The number of hydrogen-bond donors (Lipinski definition) is 0. The van der Waals surface area contributed by atoms with Crippen molar-refractivity contribution in [1.82, 2.24) is 4.90 Å². The molecule has 2 saturated heterocycles. The van der Waals surface area contributed by atoms with Crippen LogP contribution in [0.5, 0.6) is 0 Å². The number of rotatable bonds is 2. The lowest BCUT2D eigenvalue weighted by Gasteiger charge is -2.33. The molecular weight excluding hydrogens is 332 g/mol. The zero-order valence-corrected chi connectivity index (χ0v) is 13.7. The number of hydrogen-bond acceptors (Lipinski definition) is 3. The van der Waals surface area contributed by atoms with Gasteiger partial charge in [0.1, 0.15) is 0 Å². The van der Waals surface area contributed by atoms with E-state index in [4.69, 9.17) is 0 Å². The minimum atomic E-state index is -0.274. The molecule has 1 atom stereocenters. The molecule has 21 heavy (non-hydrogen) atoms. The second-order valence-corrected chi connectivity index (χ2v) is 6.90. The van der Waals surface area contributed by atoms with Gasteiger partial charge in [-0.15, -0.1) is 0 Å². The first-order valence-corrected chi connectivity index (χ1v) is 8.22. The molecule has 0 spiro atoms. The molecule has 1 aromatic carbocycles. The molecule has 0 N–H and O–H groups in total. The third kappa shape index (κ3) is 2.90. The van der Waals surface area contributed by atoms with E-state index in [1.165, 1.54) is 4.90 Å². The topological polar surface area (TPSA) is 40.6 Å². The van der Waals surface area contributed by atoms with Gasteiger partial charge in [0.25, 0.3) is 5.91 Å². The van der Waals surface area contributed by atoms with E-state index in [1.54, 1.807) is 6.07 Å². The van der Waals surface area contributed by atoms with Gasteiger partial charge in [0.15, 0.2) is 0 Å². The van der Waals surface area contributed by atoms with E-state index < -0.39 is 0 Å². The summed E-state index contributed by atoms with van der Waals surface area (Å²) in [6.45, 7) is 4.07. The van der Waals surface area contributed by atoms with E-state index in [0.717, 1.165) is 36.3 Å². The fourth-order valence-electron chi connectivity index (χ4n) is 3.13. The molecule has 0 saturated carbocycles. The molecule has 112 valence electrons. The van der Waals surface area contributed by atoms with Crippen molar-refractivity contribution in [3.8, 4) is 0 Å². The number of halogens is 1. The van der Waals surface area contributed by atoms with Crippen LogP contribution in [0.15, 0.2) is 28.7 Å². The highest BCUT2D eigenvalue weighted by Gasteiger charge is 2.43. The predicted molar refractivity (Wildman–Crippen MR) is 85.0 cm³/mol. The summed E-state index contributed by atoms with van der Waals surface area (Å²) in [6, 6.07) is 7.08. The molecule has 2 heterocycles. The van der Waals surface area contributed by atoms with Gasteiger partial charge in [-0.05, 0) is 50.0 Å². The Labute approximate surface area is 133 Å². The Kier molecular flexibility index (Phi) is 4.13. The maximum atomic E-state index is 12.7. The Bertz CT molecular complexity index is 567. The summed E-state index contributed by atoms with van der Waals surface area (Å²) in [4.78, 5) is 28.5. The lowest BCUT2D eigenvalue weighted by Crippen LogP contribution is -2.45. The van der Waals surface area contributed by atoms with Crippen LogP contribution in [0.25, 0.3) is 0 Å². The van der Waals surface area contributed by atoms with Crippen LogP contribution in [0.2, 0.25) is 0 Å². The molecule has 3 rings (SSSR count). The van der Waals surface area contributed by atoms with Crippen molar-refractivity contribution in [2.45, 2.75) is 32.2 Å². The van der Waals surface area contributed by atoms with Gasteiger partial charge in [0.2, 0.25) is 5.91 Å². The van der Waals surface area contributed by atoms with Crippen molar-refractivity contribution in [3.63, 3.8) is 0 Å². The molecule has 0 aliphatic carbocycles. The first-order valence-electron chi connectivity index (χ1n) is 7.42. The van der Waals surface area contributed by atoms with Crippen LogP contribution in [-0.2, 0) is 9.59 Å². The Morgan fingerprint density at radius 3 is 2.57 bits per heavy atom. The molecule has 2 fully saturated rings. The lowest BCUT2D eigenvalue weighted by molar-refractivity contribution is -0.123. The lowest BCUT2D eigenvalue weighted by atomic mass is 9.97. The van der Waals surface area contributed by atoms with Crippen LogP contribution in [0, 0.1) is 5.92 Å². The number of piperidine rings is 1. The summed E-state index contributed by atoms with van der Waals surface area (Å²) in [7, 11) is 0. The van der Waals surface area contributed by atoms with Crippen molar-refractivity contribution >= 4 is 33.4 Å². The SMILES string of the molecule is CC1CCN([C@H]2CC(=O)N(c3cccc(Br)c3)C2=O)CC1. The molecule has 0 radical (unpaired) electrons. The minimum absolute atomic E-state index is 0.0762. The second kappa shape index (κ2) is 5.89. The monoisotopic (exact) mass is 350 g/mol. The molecule has 5 heteroatoms. The quantitative estimate of drug-likeness (QED) is 0.770. The molecule has 2 aliphatic heterocycles. The molecule has 1 aromatic rings. The van der Waals surface area contributed by atoms with E-state index in [2.05, 4.69) is 27.8 Å². The van der Waals surface area contributed by atoms with E-state index in [1.807, 2.05) is 18.2 Å². The van der Waals surface area contributed by atoms with Gasteiger partial charge in [-0.3, -0.25) is 14.5 Å². The average molecular weight is 351 g/mol. The van der Waals surface area contributed by atoms with Gasteiger partial charge >= 0.3 is 0 Å². The highest BCUT2D eigenvalue weighted by atomic mass is 79.9. The van der Waals surface area contributed by atoms with Crippen molar-refractivity contribution < 1.29 is 9.59 Å². The zero-order valence-electron chi connectivity index (χ0n) is 12.1. The minimum Gasteiger partial charge on any atom is -0.292 e. The van der Waals surface area contributed by atoms with Crippen LogP contribution in [0.3, 0.4) is 0 Å². The van der Waals surface area contributed by atoms with Crippen molar-refractivity contribution in [2.75, 3.05) is 18.0 Å². The molecule has 0 bridgehead atoms. The summed E-state index contributed by atoms with van der Waals surface area (Å²) in [5, 5.41) is 0. The normalized spacial score (nSPS) is 24.9. The molecule has 2 amide bonds. The summed E-state index contributed by atoms with van der Waals surface area (Å²) in [6.07, 6.45) is 2.52. The third-order valence-electron chi connectivity index (χ3n) is 4.45. The van der Waals surface area contributed by atoms with E-state index in [-0.39, 0.29) is 17.9 Å². The standard InChI is InChI=1S/C16H19BrN2O2/c1-11-5-7-18(8-6-11)14-10-15(20)19(16(14)21)13-4-2-3-12(17)9-13/h2-4,9,11,14H,5-8,10H2,1H3/t14-/m0/s1. The van der Waals surface area contributed by atoms with E-state index in [9.17, 15) is 9.59 Å². The highest BCUT2D eigenvalue weighted by Crippen LogP contribution is 2.29. The largest absolute Gasteiger partial charge is 0.292 e. The fraction of sp³-hybridized carbons (Fsp3) is 0.500. The molecular formula is C16H19BrN2O2. The smallest absolute Gasteiger partial charge is 0.251 e. The van der Waals surface area contributed by atoms with Gasteiger partial charge in [0.05, 0.1) is 18.2 Å². The van der Waals surface area contributed by atoms with Crippen LogP contribution < -0.4 is 4.90 Å². The maximum Gasteiger partial charge on any atom is 0.251 e. The van der Waals surface area contributed by atoms with E-state index >= 15 is 0 Å². The van der Waals surface area contributed by atoms with Crippen LogP contribution >= 0.6 is 15.9 Å². The van der Waals surface area contributed by atoms with Gasteiger partial charge in [-0.2, -0.15) is 0 Å². The molecule has 0 unspecified atom stereocenters. The Hall–Kier alpha value is -1.20. The summed E-state index contributed by atoms with van der Waals surface area (Å²) < 4.78 is 0.871. The first kappa shape index (κ1) is 14.7. The van der Waals surface area contributed by atoms with Crippen molar-refractivity contribution in [2.24, 2.45) is 5.92 Å². The van der Waals surface area contributed by atoms with Gasteiger partial charge in [0, 0.05) is 4.47 Å². The van der Waals surface area contributed by atoms with Crippen LogP contribution in [0.4, 0.5) is 5.69 Å². The summed E-state index contributed by atoms with van der Waals surface area (Å²) >= 11 is 3.39. The number of benzene rings is 1. The third-order valence-corrected chi connectivity index (χ3v) is 4.94. The molecule has 0 aromatic heterocycles. The van der Waals surface area contributed by atoms with Gasteiger partial charge < -0.3 is 0 Å². The van der Waals surface area contributed by atoms with Crippen molar-refractivity contribution in [1.29, 1.82) is 0 Å². The molecule has 4 nitrogen and oxygen atoms in total. The zero-order chi connectivity index (χ0) is 15.0. The summed E-state index contributed by atoms with van der Waals surface area (Å²) in [5.41, 5.74) is 0.659. The number of imide groups is 1. The number of carbonyl (C=O) groups excluding carboxylic acids is 2. The van der Waals surface area contributed by atoms with Gasteiger partial charge in [-0.1, -0.05) is 28.9 Å². The average Bonchev–Trinajstić information content (AvgIpc) is 2.75. The Morgan fingerprint density at radius 2 is 1.90 bits per heavy atom. The highest BCUT2D eigenvalue weighted by molar-refractivity contribution is 9.10. The van der Waals surface area contributed by atoms with Crippen LogP contribution in [-0.4, -0.2) is 35.8 Å². The fourth-order valence-corrected chi connectivity index (χ4v) is 3.52. The number of amides is 2. The van der Waals surface area contributed by atoms with Gasteiger partial charge in [-0.25, -0.2) is 4.90 Å². The predicted octanol–water partition coefficient (Wildman–Crippen LogP) is 2.81. The maximum absolute atomic E-state index is 12.7.